The van der Waals surface area contributed by atoms with Crippen LogP contribution in [0.2, 0.25) is 0 Å². The molecule has 4 rings (SSSR count). The zero-order chi connectivity index (χ0) is 16.5. The van der Waals surface area contributed by atoms with Crippen LogP contribution in [0.15, 0.2) is 30.6 Å². The van der Waals surface area contributed by atoms with E-state index >= 15 is 0 Å². The number of ether oxygens (including phenoxy) is 2. The summed E-state index contributed by atoms with van der Waals surface area (Å²) in [6.45, 7) is 0.779. The first-order valence-corrected chi connectivity index (χ1v) is 7.99. The smallest absolute Gasteiger partial charge is 0.337 e. The summed E-state index contributed by atoms with van der Waals surface area (Å²) in [6, 6.07) is 5.35. The molecule has 3 aromatic rings. The second kappa shape index (κ2) is 6.09. The van der Waals surface area contributed by atoms with E-state index in [4.69, 9.17) is 9.47 Å². The third kappa shape index (κ3) is 2.56. The largest absolute Gasteiger partial charge is 0.465 e. The van der Waals surface area contributed by atoms with Crippen molar-refractivity contribution in [3.63, 3.8) is 0 Å². The molecule has 3 heterocycles. The number of H-pyrrole nitrogens is 1. The number of nitrogens with zero attached hydrogens (tertiary/aromatic N) is 3. The number of fused-ring (bicyclic) bond motifs is 1. The highest BCUT2D eigenvalue weighted by molar-refractivity contribution is 5.98. The van der Waals surface area contributed by atoms with Crippen LogP contribution in [0.3, 0.4) is 0 Å². The number of carbonyl (C=O) groups is 1. The third-order valence-electron chi connectivity index (χ3n) is 4.31. The Hall–Kier alpha value is -2.67. The normalized spacial score (nSPS) is 18.0. The van der Waals surface area contributed by atoms with Crippen LogP contribution in [0.25, 0.3) is 22.2 Å². The highest BCUT2D eigenvalue weighted by Crippen LogP contribution is 2.29. The Morgan fingerprint density at radius 3 is 3.12 bits per heavy atom. The van der Waals surface area contributed by atoms with E-state index in [1.54, 1.807) is 18.3 Å². The van der Waals surface area contributed by atoms with E-state index in [2.05, 4.69) is 15.3 Å². The highest BCUT2D eigenvalue weighted by atomic mass is 16.5. The molecule has 0 aliphatic carbocycles. The zero-order valence-electron chi connectivity index (χ0n) is 13.4. The molecular formula is C17H18N4O3. The maximum atomic E-state index is 11.6. The van der Waals surface area contributed by atoms with Gasteiger partial charge in [-0.25, -0.2) is 9.48 Å². The van der Waals surface area contributed by atoms with Crippen molar-refractivity contribution in [3.05, 3.63) is 36.2 Å². The van der Waals surface area contributed by atoms with Crippen LogP contribution in [0.1, 0.15) is 35.8 Å². The maximum absolute atomic E-state index is 11.6. The molecule has 0 bridgehead atoms. The molecule has 1 atom stereocenters. The predicted octanol–water partition coefficient (Wildman–Crippen LogP) is 2.91. The van der Waals surface area contributed by atoms with E-state index in [-0.39, 0.29) is 12.2 Å². The van der Waals surface area contributed by atoms with Crippen molar-refractivity contribution < 1.29 is 14.3 Å². The Labute approximate surface area is 138 Å². The van der Waals surface area contributed by atoms with Crippen molar-refractivity contribution in [2.24, 2.45) is 0 Å². The van der Waals surface area contributed by atoms with E-state index in [1.807, 2.05) is 16.9 Å². The molecule has 1 aliphatic heterocycles. The molecule has 24 heavy (non-hydrogen) atoms. The first-order chi connectivity index (χ1) is 11.8. The average Bonchev–Trinajstić information content (AvgIpc) is 3.28. The van der Waals surface area contributed by atoms with Gasteiger partial charge in [0.05, 0.1) is 24.4 Å². The minimum absolute atomic E-state index is 0.00336. The van der Waals surface area contributed by atoms with Crippen LogP contribution in [-0.2, 0) is 9.47 Å². The number of rotatable bonds is 3. The number of hydrogen-bond acceptors (Lipinski definition) is 5. The summed E-state index contributed by atoms with van der Waals surface area (Å²) >= 11 is 0. The molecule has 0 saturated carbocycles. The number of esters is 1. The Balaban J connectivity index is 1.67. The lowest BCUT2D eigenvalue weighted by Crippen LogP contribution is -2.18. The predicted molar refractivity (Wildman–Crippen MR) is 87.5 cm³/mol. The molecular weight excluding hydrogens is 308 g/mol. The Bertz CT molecular complexity index is 877. The molecule has 1 unspecified atom stereocenters. The fourth-order valence-electron chi connectivity index (χ4n) is 3.03. The summed E-state index contributed by atoms with van der Waals surface area (Å²) in [7, 11) is 1.37. The lowest BCUT2D eigenvalue weighted by atomic mass is 10.1. The summed E-state index contributed by atoms with van der Waals surface area (Å²) in [4.78, 5) is 11.6. The van der Waals surface area contributed by atoms with Crippen molar-refractivity contribution in [2.45, 2.75) is 25.5 Å². The molecule has 1 fully saturated rings. The lowest BCUT2D eigenvalue weighted by molar-refractivity contribution is -0.0394. The average molecular weight is 326 g/mol. The fraction of sp³-hybridized carbons (Fsp3) is 0.353. The van der Waals surface area contributed by atoms with Crippen LogP contribution in [0, 0.1) is 0 Å². The van der Waals surface area contributed by atoms with Crippen LogP contribution >= 0.6 is 0 Å². The van der Waals surface area contributed by atoms with Crippen molar-refractivity contribution in [1.29, 1.82) is 0 Å². The van der Waals surface area contributed by atoms with Crippen molar-refractivity contribution >= 4 is 16.9 Å². The first kappa shape index (κ1) is 14.9. The molecule has 1 N–H and O–H groups in total. The van der Waals surface area contributed by atoms with Gasteiger partial charge >= 0.3 is 5.97 Å². The highest BCUT2D eigenvalue weighted by Gasteiger charge is 2.18. The molecule has 7 nitrogen and oxygen atoms in total. The van der Waals surface area contributed by atoms with E-state index < -0.39 is 0 Å². The van der Waals surface area contributed by atoms with Gasteiger partial charge in [0.15, 0.2) is 0 Å². The quantitative estimate of drug-likeness (QED) is 0.748. The van der Waals surface area contributed by atoms with Gasteiger partial charge in [0.25, 0.3) is 0 Å². The monoisotopic (exact) mass is 326 g/mol. The van der Waals surface area contributed by atoms with E-state index in [0.717, 1.165) is 48.0 Å². The summed E-state index contributed by atoms with van der Waals surface area (Å²) in [6.07, 6.45) is 6.99. The molecule has 1 saturated heterocycles. The number of nitrogens with one attached hydrogen (secondary N) is 1. The lowest BCUT2D eigenvalue weighted by Gasteiger charge is -2.22. The number of methoxy groups -OCH3 is 1. The zero-order valence-corrected chi connectivity index (χ0v) is 13.4. The van der Waals surface area contributed by atoms with Gasteiger partial charge in [-0.2, -0.15) is 10.2 Å². The molecule has 124 valence electrons. The molecule has 7 heteroatoms. The van der Waals surface area contributed by atoms with Gasteiger partial charge in [0.1, 0.15) is 11.9 Å². The second-order valence-electron chi connectivity index (χ2n) is 5.85. The standard InChI is InChI=1S/C17H18N4O3/c1-23-17(22)11-5-6-13-14(8-11)19-20-16(13)12-9-18-21(10-12)15-4-2-3-7-24-15/h5-6,8-10,15H,2-4,7H2,1H3,(H,19,20). The maximum Gasteiger partial charge on any atom is 0.337 e. The summed E-state index contributed by atoms with van der Waals surface area (Å²) in [5.41, 5.74) is 3.01. The molecule has 0 spiro atoms. The minimum Gasteiger partial charge on any atom is -0.465 e. The van der Waals surface area contributed by atoms with Crippen LogP contribution < -0.4 is 0 Å². The molecule has 0 amide bonds. The van der Waals surface area contributed by atoms with Crippen molar-refractivity contribution in [2.75, 3.05) is 13.7 Å². The minimum atomic E-state index is -0.365. The molecule has 0 radical (unpaired) electrons. The van der Waals surface area contributed by atoms with Gasteiger partial charge in [-0.05, 0) is 37.5 Å². The fourth-order valence-corrected chi connectivity index (χ4v) is 3.03. The van der Waals surface area contributed by atoms with Crippen molar-refractivity contribution in [3.8, 4) is 11.3 Å². The topological polar surface area (TPSA) is 82.0 Å². The number of carbonyl (C=O) groups excluding carboxylic acids is 1. The van der Waals surface area contributed by atoms with Crippen LogP contribution in [0.5, 0.6) is 0 Å². The molecule has 1 aliphatic rings. The Morgan fingerprint density at radius 2 is 2.33 bits per heavy atom. The number of hydrogen-bond donors (Lipinski definition) is 1. The third-order valence-corrected chi connectivity index (χ3v) is 4.31. The number of aromatic nitrogens is 4. The van der Waals surface area contributed by atoms with Gasteiger partial charge < -0.3 is 9.47 Å². The number of aromatic amines is 1. The van der Waals surface area contributed by atoms with E-state index in [0.29, 0.717) is 5.56 Å². The summed E-state index contributed by atoms with van der Waals surface area (Å²) in [5, 5.41) is 12.7. The van der Waals surface area contributed by atoms with Gasteiger partial charge in [-0.3, -0.25) is 5.10 Å². The summed E-state index contributed by atoms with van der Waals surface area (Å²) < 4.78 is 12.4. The van der Waals surface area contributed by atoms with Gasteiger partial charge in [0.2, 0.25) is 0 Å². The van der Waals surface area contributed by atoms with Gasteiger partial charge in [0, 0.05) is 23.8 Å². The van der Waals surface area contributed by atoms with Crippen molar-refractivity contribution in [1.82, 2.24) is 20.0 Å². The molecule has 1 aromatic carbocycles. The molecule has 2 aromatic heterocycles. The Morgan fingerprint density at radius 1 is 1.42 bits per heavy atom. The van der Waals surface area contributed by atoms with Gasteiger partial charge in [-0.1, -0.05) is 0 Å². The van der Waals surface area contributed by atoms with E-state index in [9.17, 15) is 4.79 Å². The summed E-state index contributed by atoms with van der Waals surface area (Å²) in [5.74, 6) is -0.365. The second-order valence-corrected chi connectivity index (χ2v) is 5.85. The van der Waals surface area contributed by atoms with Gasteiger partial charge in [-0.15, -0.1) is 0 Å². The SMILES string of the molecule is COC(=O)c1ccc2c(-c3cnn(C4CCCCO4)c3)n[nH]c2c1. The van der Waals surface area contributed by atoms with E-state index in [1.165, 1.54) is 7.11 Å². The van der Waals surface area contributed by atoms with Crippen LogP contribution in [-0.4, -0.2) is 39.7 Å². The van der Waals surface area contributed by atoms with Crippen LogP contribution in [0.4, 0.5) is 0 Å². The number of benzene rings is 1. The first-order valence-electron chi connectivity index (χ1n) is 7.99. The Kier molecular flexibility index (Phi) is 3.78.